The van der Waals surface area contributed by atoms with Gasteiger partial charge in [-0.25, -0.2) is 8.42 Å². The largest absolute Gasteiger partial charge is 0.497 e. The number of hydrogen-bond donors (Lipinski definition) is 0. The number of methoxy groups -OCH3 is 1. The predicted octanol–water partition coefficient (Wildman–Crippen LogP) is 2.84. The van der Waals surface area contributed by atoms with E-state index in [1.54, 1.807) is 49.8 Å². The number of rotatable bonds is 7. The minimum absolute atomic E-state index is 0.110. The molecule has 22 heavy (non-hydrogen) atoms. The summed E-state index contributed by atoms with van der Waals surface area (Å²) in [6.45, 7) is 2.12. The number of hydrogen-bond acceptors (Lipinski definition) is 4. The molecule has 2 aromatic rings. The van der Waals surface area contributed by atoms with E-state index in [0.717, 1.165) is 5.56 Å². The van der Waals surface area contributed by atoms with Gasteiger partial charge >= 0.3 is 0 Å². The van der Waals surface area contributed by atoms with Crippen LogP contribution in [0.5, 0.6) is 5.75 Å². The zero-order valence-corrected chi connectivity index (χ0v) is 13.6. The van der Waals surface area contributed by atoms with Crippen molar-refractivity contribution >= 4 is 15.7 Å². The van der Waals surface area contributed by atoms with Crippen molar-refractivity contribution in [1.82, 2.24) is 4.98 Å². The molecule has 0 spiro atoms. The quantitative estimate of drug-likeness (QED) is 0.787. The standard InChI is InChI=1S/C16H20N2O3S/c1-3-11-22(19,20)18(13-14-5-4-10-17-12-14)15-6-8-16(21-2)9-7-15/h4-10,12H,3,11,13H2,1-2H3. The van der Waals surface area contributed by atoms with Crippen molar-refractivity contribution in [2.45, 2.75) is 19.9 Å². The van der Waals surface area contributed by atoms with E-state index in [-0.39, 0.29) is 12.3 Å². The molecule has 0 saturated carbocycles. The van der Waals surface area contributed by atoms with Gasteiger partial charge in [0.1, 0.15) is 5.75 Å². The topological polar surface area (TPSA) is 59.5 Å². The number of benzene rings is 1. The Morgan fingerprint density at radius 2 is 1.91 bits per heavy atom. The first-order chi connectivity index (χ1) is 10.6. The highest BCUT2D eigenvalue weighted by Gasteiger charge is 2.22. The van der Waals surface area contributed by atoms with Crippen LogP contribution < -0.4 is 9.04 Å². The lowest BCUT2D eigenvalue weighted by Gasteiger charge is -2.24. The van der Waals surface area contributed by atoms with Crippen molar-refractivity contribution in [3.63, 3.8) is 0 Å². The molecule has 2 rings (SSSR count). The third-order valence-corrected chi connectivity index (χ3v) is 5.14. The van der Waals surface area contributed by atoms with E-state index in [1.165, 1.54) is 4.31 Å². The summed E-state index contributed by atoms with van der Waals surface area (Å²) in [7, 11) is -1.80. The summed E-state index contributed by atoms with van der Waals surface area (Å²) in [5.41, 5.74) is 1.47. The molecule has 0 aliphatic heterocycles. The summed E-state index contributed by atoms with van der Waals surface area (Å²) < 4.78 is 31.7. The van der Waals surface area contributed by atoms with E-state index in [2.05, 4.69) is 4.98 Å². The Kier molecular flexibility index (Phi) is 5.38. The van der Waals surface area contributed by atoms with Gasteiger partial charge in [-0.1, -0.05) is 13.0 Å². The van der Waals surface area contributed by atoms with Crippen molar-refractivity contribution in [3.05, 3.63) is 54.4 Å². The van der Waals surface area contributed by atoms with Crippen LogP contribution in [0, 0.1) is 0 Å². The third kappa shape index (κ3) is 3.98. The van der Waals surface area contributed by atoms with Gasteiger partial charge in [-0.05, 0) is 42.3 Å². The van der Waals surface area contributed by atoms with Gasteiger partial charge < -0.3 is 4.74 Å². The number of ether oxygens (including phenoxy) is 1. The Morgan fingerprint density at radius 1 is 1.18 bits per heavy atom. The number of sulfonamides is 1. The second kappa shape index (κ2) is 7.26. The molecule has 0 aliphatic carbocycles. The predicted molar refractivity (Wildman–Crippen MR) is 87.5 cm³/mol. The summed E-state index contributed by atoms with van der Waals surface area (Å²) in [5, 5.41) is 0. The van der Waals surface area contributed by atoms with E-state index in [4.69, 9.17) is 4.74 Å². The molecule has 1 heterocycles. The Balaban J connectivity index is 2.36. The fraction of sp³-hybridized carbons (Fsp3) is 0.312. The lowest BCUT2D eigenvalue weighted by atomic mass is 10.2. The maximum absolute atomic E-state index is 12.6. The summed E-state index contributed by atoms with van der Waals surface area (Å²) in [4.78, 5) is 4.05. The van der Waals surface area contributed by atoms with Crippen LogP contribution in [0.25, 0.3) is 0 Å². The smallest absolute Gasteiger partial charge is 0.235 e. The molecule has 118 valence electrons. The Bertz CT molecular complexity index is 685. The minimum atomic E-state index is -3.38. The average Bonchev–Trinajstić information content (AvgIpc) is 2.53. The lowest BCUT2D eigenvalue weighted by Crippen LogP contribution is -2.32. The monoisotopic (exact) mass is 320 g/mol. The van der Waals surface area contributed by atoms with Crippen LogP contribution in [0.3, 0.4) is 0 Å². The van der Waals surface area contributed by atoms with Gasteiger partial charge in [0.2, 0.25) is 10.0 Å². The SMILES string of the molecule is CCCS(=O)(=O)N(Cc1cccnc1)c1ccc(OC)cc1. The van der Waals surface area contributed by atoms with Crippen LogP contribution in [-0.2, 0) is 16.6 Å². The Morgan fingerprint density at radius 3 is 2.45 bits per heavy atom. The van der Waals surface area contributed by atoms with Gasteiger partial charge in [0.05, 0.1) is 25.1 Å². The molecule has 0 unspecified atom stereocenters. The van der Waals surface area contributed by atoms with Crippen LogP contribution in [-0.4, -0.2) is 26.3 Å². The van der Waals surface area contributed by atoms with Crippen molar-refractivity contribution in [2.75, 3.05) is 17.2 Å². The molecule has 0 saturated heterocycles. The van der Waals surface area contributed by atoms with Gasteiger partial charge in [0.15, 0.2) is 0 Å². The normalized spacial score (nSPS) is 11.2. The Labute approximate surface area is 131 Å². The highest BCUT2D eigenvalue weighted by molar-refractivity contribution is 7.92. The summed E-state index contributed by atoms with van der Waals surface area (Å²) in [6.07, 6.45) is 3.92. The molecule has 1 aromatic carbocycles. The highest BCUT2D eigenvalue weighted by atomic mass is 32.2. The summed E-state index contributed by atoms with van der Waals surface area (Å²) >= 11 is 0. The van der Waals surface area contributed by atoms with Crippen molar-refractivity contribution in [2.24, 2.45) is 0 Å². The van der Waals surface area contributed by atoms with Gasteiger partial charge in [-0.15, -0.1) is 0 Å². The molecule has 0 atom stereocenters. The molecule has 0 N–H and O–H groups in total. The molecule has 0 fully saturated rings. The van der Waals surface area contributed by atoms with Gasteiger partial charge in [-0.3, -0.25) is 9.29 Å². The zero-order valence-electron chi connectivity index (χ0n) is 12.8. The maximum atomic E-state index is 12.6. The molecular formula is C16H20N2O3S. The van der Waals surface area contributed by atoms with E-state index >= 15 is 0 Å². The molecular weight excluding hydrogens is 300 g/mol. The van der Waals surface area contributed by atoms with Crippen LogP contribution in [0.1, 0.15) is 18.9 Å². The maximum Gasteiger partial charge on any atom is 0.235 e. The molecule has 0 amide bonds. The molecule has 5 nitrogen and oxygen atoms in total. The fourth-order valence-corrected chi connectivity index (χ4v) is 3.65. The second-order valence-corrected chi connectivity index (χ2v) is 6.89. The molecule has 1 aromatic heterocycles. The summed E-state index contributed by atoms with van der Waals surface area (Å²) in [6, 6.07) is 10.7. The number of pyridine rings is 1. The van der Waals surface area contributed by atoms with E-state index in [1.807, 2.05) is 13.0 Å². The van der Waals surface area contributed by atoms with Crippen molar-refractivity contribution in [1.29, 1.82) is 0 Å². The summed E-state index contributed by atoms with van der Waals surface area (Å²) in [5.74, 6) is 0.803. The van der Waals surface area contributed by atoms with E-state index in [9.17, 15) is 8.42 Å². The van der Waals surface area contributed by atoms with Crippen LogP contribution in [0.4, 0.5) is 5.69 Å². The fourth-order valence-electron chi connectivity index (χ4n) is 2.12. The minimum Gasteiger partial charge on any atom is -0.497 e. The first-order valence-corrected chi connectivity index (χ1v) is 8.71. The first kappa shape index (κ1) is 16.3. The number of nitrogens with zero attached hydrogens (tertiary/aromatic N) is 2. The van der Waals surface area contributed by atoms with Crippen LogP contribution in [0.2, 0.25) is 0 Å². The second-order valence-electron chi connectivity index (χ2n) is 4.88. The van der Waals surface area contributed by atoms with E-state index in [0.29, 0.717) is 17.9 Å². The van der Waals surface area contributed by atoms with Crippen molar-refractivity contribution < 1.29 is 13.2 Å². The molecule has 0 radical (unpaired) electrons. The lowest BCUT2D eigenvalue weighted by molar-refractivity contribution is 0.415. The van der Waals surface area contributed by atoms with E-state index < -0.39 is 10.0 Å². The van der Waals surface area contributed by atoms with Gasteiger partial charge in [0, 0.05) is 12.4 Å². The highest BCUT2D eigenvalue weighted by Crippen LogP contribution is 2.24. The van der Waals surface area contributed by atoms with Crippen LogP contribution in [0.15, 0.2) is 48.8 Å². The third-order valence-electron chi connectivity index (χ3n) is 3.21. The number of anilines is 1. The zero-order chi connectivity index (χ0) is 16.0. The number of aromatic nitrogens is 1. The van der Waals surface area contributed by atoms with Crippen molar-refractivity contribution in [3.8, 4) is 5.75 Å². The Hall–Kier alpha value is -2.08. The van der Waals surface area contributed by atoms with Gasteiger partial charge in [-0.2, -0.15) is 0 Å². The van der Waals surface area contributed by atoms with Crippen LogP contribution >= 0.6 is 0 Å². The molecule has 0 bridgehead atoms. The molecule has 6 heteroatoms. The average molecular weight is 320 g/mol. The molecule has 0 aliphatic rings. The first-order valence-electron chi connectivity index (χ1n) is 7.10. The van der Waals surface area contributed by atoms with Gasteiger partial charge in [0.25, 0.3) is 0 Å².